The highest BCUT2D eigenvalue weighted by Gasteiger charge is 2.38. The standard InChI is InChI=1S/C15H21F2N3O/c1-8(2)12-11(10-4-6-15(16,17)7-5-10)13(14(18)21)20-9(3)19-12/h8,10H,4-7H2,1-3H3,(H2,18,21). The number of alkyl halides is 2. The molecule has 1 saturated carbocycles. The van der Waals surface area contributed by atoms with Crippen LogP contribution in [0.3, 0.4) is 0 Å². The fourth-order valence-electron chi connectivity index (χ4n) is 2.96. The van der Waals surface area contributed by atoms with Gasteiger partial charge in [0.15, 0.2) is 0 Å². The van der Waals surface area contributed by atoms with Crippen LogP contribution >= 0.6 is 0 Å². The lowest BCUT2D eigenvalue weighted by atomic mass is 9.79. The lowest BCUT2D eigenvalue weighted by Gasteiger charge is -2.30. The lowest BCUT2D eigenvalue weighted by Crippen LogP contribution is -2.27. The Kier molecular flexibility index (Phi) is 4.25. The Balaban J connectivity index is 2.48. The van der Waals surface area contributed by atoms with Gasteiger partial charge in [-0.25, -0.2) is 18.7 Å². The number of aryl methyl sites for hydroxylation is 1. The minimum Gasteiger partial charge on any atom is -0.364 e. The second kappa shape index (κ2) is 5.66. The van der Waals surface area contributed by atoms with Gasteiger partial charge in [0.2, 0.25) is 5.92 Å². The van der Waals surface area contributed by atoms with E-state index in [0.29, 0.717) is 24.2 Å². The maximum Gasteiger partial charge on any atom is 0.267 e. The van der Waals surface area contributed by atoms with Gasteiger partial charge in [0.05, 0.1) is 5.69 Å². The van der Waals surface area contributed by atoms with Gasteiger partial charge in [-0.2, -0.15) is 0 Å². The summed E-state index contributed by atoms with van der Waals surface area (Å²) in [7, 11) is 0. The van der Waals surface area contributed by atoms with E-state index >= 15 is 0 Å². The zero-order valence-electron chi connectivity index (χ0n) is 12.6. The van der Waals surface area contributed by atoms with Crippen molar-refractivity contribution in [2.75, 3.05) is 0 Å². The molecule has 116 valence electrons. The summed E-state index contributed by atoms with van der Waals surface area (Å²) in [6.07, 6.45) is 0.335. The third-order valence-corrected chi connectivity index (χ3v) is 3.99. The van der Waals surface area contributed by atoms with Crippen molar-refractivity contribution in [2.45, 2.75) is 64.2 Å². The Morgan fingerprint density at radius 3 is 2.33 bits per heavy atom. The fraction of sp³-hybridized carbons (Fsp3) is 0.667. The smallest absolute Gasteiger partial charge is 0.267 e. The first-order chi connectivity index (χ1) is 9.71. The summed E-state index contributed by atoms with van der Waals surface area (Å²) in [5, 5.41) is 0. The van der Waals surface area contributed by atoms with Crippen LogP contribution in [0.2, 0.25) is 0 Å². The molecule has 21 heavy (non-hydrogen) atoms. The minimum absolute atomic E-state index is 0.0854. The first-order valence-corrected chi connectivity index (χ1v) is 7.27. The molecular weight excluding hydrogens is 276 g/mol. The highest BCUT2D eigenvalue weighted by molar-refractivity contribution is 5.92. The first kappa shape index (κ1) is 15.8. The molecule has 0 saturated heterocycles. The van der Waals surface area contributed by atoms with Crippen molar-refractivity contribution >= 4 is 5.91 Å². The summed E-state index contributed by atoms with van der Waals surface area (Å²) in [5.74, 6) is -2.77. The van der Waals surface area contributed by atoms with E-state index in [4.69, 9.17) is 5.73 Å². The van der Waals surface area contributed by atoms with E-state index < -0.39 is 11.8 Å². The van der Waals surface area contributed by atoms with Gasteiger partial charge in [-0.1, -0.05) is 13.8 Å². The third-order valence-electron chi connectivity index (χ3n) is 3.99. The topological polar surface area (TPSA) is 68.9 Å². The van der Waals surface area contributed by atoms with Crippen molar-refractivity contribution in [1.29, 1.82) is 0 Å². The van der Waals surface area contributed by atoms with Crippen molar-refractivity contribution < 1.29 is 13.6 Å². The third kappa shape index (κ3) is 3.36. The van der Waals surface area contributed by atoms with E-state index in [1.807, 2.05) is 13.8 Å². The van der Waals surface area contributed by atoms with Crippen molar-refractivity contribution in [3.05, 3.63) is 22.8 Å². The van der Waals surface area contributed by atoms with Gasteiger partial charge in [0.1, 0.15) is 11.5 Å². The summed E-state index contributed by atoms with van der Waals surface area (Å²) in [5.41, 5.74) is 7.07. The second-order valence-electron chi connectivity index (χ2n) is 6.07. The highest BCUT2D eigenvalue weighted by Crippen LogP contribution is 2.43. The predicted molar refractivity (Wildman–Crippen MR) is 75.5 cm³/mol. The lowest BCUT2D eigenvalue weighted by molar-refractivity contribution is -0.0383. The van der Waals surface area contributed by atoms with Gasteiger partial charge in [0.25, 0.3) is 5.91 Å². The van der Waals surface area contributed by atoms with E-state index in [-0.39, 0.29) is 30.4 Å². The van der Waals surface area contributed by atoms with Crippen molar-refractivity contribution in [3.8, 4) is 0 Å². The van der Waals surface area contributed by atoms with Crippen molar-refractivity contribution in [2.24, 2.45) is 5.73 Å². The molecule has 2 N–H and O–H groups in total. The molecule has 0 bridgehead atoms. The average Bonchev–Trinajstić information content (AvgIpc) is 2.38. The number of hydrogen-bond donors (Lipinski definition) is 1. The fourth-order valence-corrected chi connectivity index (χ4v) is 2.96. The number of aromatic nitrogens is 2. The molecule has 1 aliphatic carbocycles. The summed E-state index contributed by atoms with van der Waals surface area (Å²) < 4.78 is 26.7. The summed E-state index contributed by atoms with van der Waals surface area (Å²) in [4.78, 5) is 20.3. The number of rotatable bonds is 3. The Hall–Kier alpha value is -1.59. The number of carbonyl (C=O) groups excluding carboxylic acids is 1. The molecule has 1 fully saturated rings. The maximum atomic E-state index is 13.4. The van der Waals surface area contributed by atoms with Crippen molar-refractivity contribution in [1.82, 2.24) is 9.97 Å². The first-order valence-electron chi connectivity index (χ1n) is 7.27. The van der Waals surface area contributed by atoms with Crippen LogP contribution in [0.1, 0.15) is 78.9 Å². The van der Waals surface area contributed by atoms with Crippen LogP contribution in [-0.4, -0.2) is 21.8 Å². The molecule has 1 aliphatic rings. The van der Waals surface area contributed by atoms with Crippen LogP contribution in [-0.2, 0) is 0 Å². The van der Waals surface area contributed by atoms with Gasteiger partial charge < -0.3 is 5.73 Å². The zero-order valence-corrected chi connectivity index (χ0v) is 12.6. The molecule has 0 radical (unpaired) electrons. The molecule has 0 unspecified atom stereocenters. The molecule has 4 nitrogen and oxygen atoms in total. The second-order valence-corrected chi connectivity index (χ2v) is 6.07. The Morgan fingerprint density at radius 1 is 1.29 bits per heavy atom. The number of nitrogens with zero attached hydrogens (tertiary/aromatic N) is 2. The van der Waals surface area contributed by atoms with Crippen LogP contribution in [0.5, 0.6) is 0 Å². The van der Waals surface area contributed by atoms with Crippen LogP contribution in [0, 0.1) is 6.92 Å². The molecule has 1 heterocycles. The SMILES string of the molecule is Cc1nc(C(N)=O)c(C2CCC(F)(F)CC2)c(C(C)C)n1. The molecule has 1 amide bonds. The van der Waals surface area contributed by atoms with Crippen LogP contribution < -0.4 is 5.73 Å². The number of hydrogen-bond acceptors (Lipinski definition) is 3. The summed E-state index contributed by atoms with van der Waals surface area (Å²) >= 11 is 0. The summed E-state index contributed by atoms with van der Waals surface area (Å²) in [6.45, 7) is 5.64. The molecule has 6 heteroatoms. The Bertz CT molecular complexity index is 548. The molecule has 0 atom stereocenters. The van der Waals surface area contributed by atoms with E-state index in [9.17, 15) is 13.6 Å². The van der Waals surface area contributed by atoms with E-state index in [1.165, 1.54) is 0 Å². The average molecular weight is 297 g/mol. The van der Waals surface area contributed by atoms with E-state index in [1.54, 1.807) is 6.92 Å². The van der Waals surface area contributed by atoms with Crippen molar-refractivity contribution in [3.63, 3.8) is 0 Å². The Morgan fingerprint density at radius 2 is 1.86 bits per heavy atom. The molecule has 1 aromatic rings. The van der Waals surface area contributed by atoms with E-state index in [2.05, 4.69) is 9.97 Å². The molecule has 0 spiro atoms. The monoisotopic (exact) mass is 297 g/mol. The quantitative estimate of drug-likeness (QED) is 0.930. The number of nitrogens with two attached hydrogens (primary N) is 1. The molecule has 1 aromatic heterocycles. The number of primary amides is 1. The maximum absolute atomic E-state index is 13.4. The van der Waals surface area contributed by atoms with Gasteiger partial charge in [-0.05, 0) is 31.6 Å². The number of amides is 1. The predicted octanol–water partition coefficient (Wildman–Crippen LogP) is 3.30. The van der Waals surface area contributed by atoms with Gasteiger partial charge in [0, 0.05) is 18.4 Å². The van der Waals surface area contributed by atoms with Crippen LogP contribution in [0.4, 0.5) is 8.78 Å². The molecule has 0 aromatic carbocycles. The number of halogens is 2. The van der Waals surface area contributed by atoms with Gasteiger partial charge >= 0.3 is 0 Å². The molecule has 0 aliphatic heterocycles. The van der Waals surface area contributed by atoms with Crippen LogP contribution in [0.25, 0.3) is 0 Å². The van der Waals surface area contributed by atoms with Gasteiger partial charge in [-0.3, -0.25) is 4.79 Å². The van der Waals surface area contributed by atoms with Gasteiger partial charge in [-0.15, -0.1) is 0 Å². The van der Waals surface area contributed by atoms with Crippen LogP contribution in [0.15, 0.2) is 0 Å². The minimum atomic E-state index is -2.60. The van der Waals surface area contributed by atoms with E-state index in [0.717, 1.165) is 5.69 Å². The highest BCUT2D eigenvalue weighted by atomic mass is 19.3. The largest absolute Gasteiger partial charge is 0.364 e. The molecular formula is C15H21F2N3O. The molecule has 2 rings (SSSR count). The normalized spacial score (nSPS) is 19.0. The summed E-state index contributed by atoms with van der Waals surface area (Å²) in [6, 6.07) is 0. The Labute approximate surface area is 123 Å². The zero-order chi connectivity index (χ0) is 15.8. The number of carbonyl (C=O) groups is 1.